The minimum Gasteiger partial charge on any atom is -0.438 e. The van der Waals surface area contributed by atoms with Crippen LogP contribution < -0.4 is 9.64 Å². The number of benzene rings is 3. The topological polar surface area (TPSA) is 36.0 Å². The molecule has 34 heavy (non-hydrogen) atoms. The molecule has 0 atom stereocenters. The summed E-state index contributed by atoms with van der Waals surface area (Å²) < 4.78 is 6.31. The van der Waals surface area contributed by atoms with E-state index in [1.807, 2.05) is 54.3 Å². The zero-order valence-electron chi connectivity index (χ0n) is 19.4. The third-order valence-electron chi connectivity index (χ3n) is 6.32. The summed E-state index contributed by atoms with van der Waals surface area (Å²) in [5.41, 5.74) is 2.80. The number of carbonyl (C=O) groups excluding carboxylic acids is 1. The molecule has 1 fully saturated rings. The van der Waals surface area contributed by atoms with Crippen molar-refractivity contribution in [1.29, 1.82) is 0 Å². The maximum absolute atomic E-state index is 13.3. The molecule has 1 amide bonds. The first-order valence-corrected chi connectivity index (χ1v) is 12.1. The summed E-state index contributed by atoms with van der Waals surface area (Å²) in [6.07, 6.45) is 4.48. The Labute approximate surface area is 205 Å². The molecule has 5 rings (SSSR count). The molecule has 6 heteroatoms. The van der Waals surface area contributed by atoms with Gasteiger partial charge in [0.05, 0.1) is 5.69 Å². The minimum atomic E-state index is -0.0661. The van der Waals surface area contributed by atoms with E-state index in [1.165, 1.54) is 5.56 Å². The fourth-order valence-electron chi connectivity index (χ4n) is 4.57. The molecular weight excluding hydrogens is 442 g/mol. The average Bonchev–Trinajstić information content (AvgIpc) is 3.35. The van der Waals surface area contributed by atoms with E-state index in [9.17, 15) is 4.79 Å². The van der Waals surface area contributed by atoms with Crippen molar-refractivity contribution in [3.63, 3.8) is 0 Å². The quantitative estimate of drug-likeness (QED) is 0.353. The maximum Gasteiger partial charge on any atom is 0.276 e. The number of nitrogens with zero attached hydrogens (tertiary/aromatic N) is 3. The van der Waals surface area contributed by atoms with Gasteiger partial charge < -0.3 is 14.5 Å². The number of anilines is 1. The molecule has 2 aliphatic rings. The van der Waals surface area contributed by atoms with Gasteiger partial charge in [-0.1, -0.05) is 60.7 Å². The summed E-state index contributed by atoms with van der Waals surface area (Å²) in [4.78, 5) is 19.0. The summed E-state index contributed by atoms with van der Waals surface area (Å²) >= 11 is 5.66. The Hall–Kier alpha value is -3.64. The molecule has 0 saturated carbocycles. The van der Waals surface area contributed by atoms with Crippen molar-refractivity contribution >= 4 is 39.7 Å². The molecule has 0 bridgehead atoms. The number of thiocarbonyl (C=S) groups is 1. The lowest BCUT2D eigenvalue weighted by molar-refractivity contribution is -0.122. The Morgan fingerprint density at radius 3 is 2.35 bits per heavy atom. The van der Waals surface area contributed by atoms with Crippen molar-refractivity contribution in [2.24, 2.45) is 0 Å². The van der Waals surface area contributed by atoms with Crippen LogP contribution in [-0.4, -0.2) is 40.5 Å². The van der Waals surface area contributed by atoms with Crippen LogP contribution in [0.4, 0.5) is 5.69 Å². The third-order valence-corrected chi connectivity index (χ3v) is 6.76. The van der Waals surface area contributed by atoms with E-state index in [1.54, 1.807) is 4.90 Å². The van der Waals surface area contributed by atoms with Gasteiger partial charge >= 0.3 is 0 Å². The summed E-state index contributed by atoms with van der Waals surface area (Å²) in [5.74, 6) is 1.50. The monoisotopic (exact) mass is 469 g/mol. The van der Waals surface area contributed by atoms with E-state index in [4.69, 9.17) is 17.0 Å². The number of hydrogen-bond acceptors (Lipinski definition) is 4. The third kappa shape index (κ3) is 3.84. The lowest BCUT2D eigenvalue weighted by Gasteiger charge is -2.18. The Morgan fingerprint density at radius 2 is 1.59 bits per heavy atom. The Balaban J connectivity index is 1.42. The van der Waals surface area contributed by atoms with Gasteiger partial charge in [0.25, 0.3) is 5.91 Å². The molecule has 3 aromatic carbocycles. The van der Waals surface area contributed by atoms with Gasteiger partial charge in [0.15, 0.2) is 10.9 Å². The summed E-state index contributed by atoms with van der Waals surface area (Å²) in [6.45, 7) is 6.04. The molecule has 3 aromatic rings. The van der Waals surface area contributed by atoms with E-state index in [0.29, 0.717) is 29.8 Å². The first kappa shape index (κ1) is 22.2. The van der Waals surface area contributed by atoms with Crippen molar-refractivity contribution in [2.45, 2.75) is 20.3 Å². The molecule has 2 aliphatic heterocycles. The highest BCUT2D eigenvalue weighted by atomic mass is 32.1. The average molecular weight is 470 g/mol. The summed E-state index contributed by atoms with van der Waals surface area (Å²) in [5, 5.41) is 2.77. The van der Waals surface area contributed by atoms with Crippen LogP contribution in [0.25, 0.3) is 10.8 Å². The second-order valence-corrected chi connectivity index (χ2v) is 8.62. The van der Waals surface area contributed by atoms with Gasteiger partial charge in [-0.25, -0.2) is 0 Å². The summed E-state index contributed by atoms with van der Waals surface area (Å²) in [6, 6.07) is 22.6. The fraction of sp³-hybridized carbons (Fsp3) is 0.214. The number of hydrogen-bond donors (Lipinski definition) is 0. The number of likely N-dealkylation sites (N-methyl/N-ethyl adjacent to an activating group) is 1. The Morgan fingerprint density at radius 1 is 0.853 bits per heavy atom. The molecule has 5 nitrogen and oxygen atoms in total. The second-order valence-electron chi connectivity index (χ2n) is 8.26. The normalized spacial score (nSPS) is 17.9. The molecule has 2 heterocycles. The highest BCUT2D eigenvalue weighted by Gasteiger charge is 2.36. The molecule has 1 saturated heterocycles. The molecule has 0 spiro atoms. The SMILES string of the molecule is CCN1C(=S)N(CCc2ccccc2)C(=O)C1=CC=C1Oc2c(ccc3ccccc23)N1CC. The molecular formula is C28H27N3O2S. The van der Waals surface area contributed by atoms with Gasteiger partial charge in [0, 0.05) is 31.1 Å². The first-order chi connectivity index (χ1) is 16.6. The van der Waals surface area contributed by atoms with E-state index < -0.39 is 0 Å². The number of ether oxygens (including phenoxy) is 1. The molecule has 0 radical (unpaired) electrons. The maximum atomic E-state index is 13.3. The largest absolute Gasteiger partial charge is 0.438 e. The molecule has 0 N–H and O–H groups in total. The lowest BCUT2D eigenvalue weighted by atomic mass is 10.1. The van der Waals surface area contributed by atoms with Crippen LogP contribution in [0.15, 0.2) is 90.5 Å². The smallest absolute Gasteiger partial charge is 0.276 e. The molecule has 0 unspecified atom stereocenters. The van der Waals surface area contributed by atoms with Crippen LogP contribution in [0.1, 0.15) is 19.4 Å². The zero-order valence-corrected chi connectivity index (χ0v) is 20.2. The van der Waals surface area contributed by atoms with E-state index in [0.717, 1.165) is 35.2 Å². The molecule has 172 valence electrons. The zero-order chi connectivity index (χ0) is 23.7. The highest BCUT2D eigenvalue weighted by molar-refractivity contribution is 7.80. The van der Waals surface area contributed by atoms with Crippen molar-refractivity contribution < 1.29 is 9.53 Å². The van der Waals surface area contributed by atoms with Gasteiger partial charge in [0.2, 0.25) is 5.88 Å². The van der Waals surface area contributed by atoms with Crippen molar-refractivity contribution in [3.8, 4) is 5.75 Å². The van der Waals surface area contributed by atoms with Crippen LogP contribution in [0.3, 0.4) is 0 Å². The lowest BCUT2D eigenvalue weighted by Crippen LogP contribution is -2.34. The predicted molar refractivity (Wildman–Crippen MR) is 141 cm³/mol. The highest BCUT2D eigenvalue weighted by Crippen LogP contribution is 2.44. The van der Waals surface area contributed by atoms with Gasteiger partial charge in [-0.05, 0) is 55.6 Å². The number of carbonyl (C=O) groups is 1. The van der Waals surface area contributed by atoms with Gasteiger partial charge in [-0.2, -0.15) is 0 Å². The van der Waals surface area contributed by atoms with Crippen molar-refractivity contribution in [1.82, 2.24) is 9.80 Å². The van der Waals surface area contributed by atoms with Crippen LogP contribution in [0, 0.1) is 0 Å². The Kier molecular flexibility index (Phi) is 6.07. The predicted octanol–water partition coefficient (Wildman–Crippen LogP) is 5.48. The summed E-state index contributed by atoms with van der Waals surface area (Å²) in [7, 11) is 0. The number of allylic oxidation sites excluding steroid dienone is 2. The standard InChI is InChI=1S/C28H27N3O2S/c1-3-29-23-15-14-21-12-8-9-13-22(21)26(23)33-25(29)17-16-24-27(32)31(28(34)30(24)4-2)19-18-20-10-6-5-7-11-20/h5-17H,3-4,18-19H2,1-2H3. The van der Waals surface area contributed by atoms with Crippen LogP contribution in [0.2, 0.25) is 0 Å². The van der Waals surface area contributed by atoms with Gasteiger partial charge in [-0.3, -0.25) is 9.69 Å². The number of rotatable bonds is 6. The molecule has 0 aliphatic carbocycles. The minimum absolute atomic E-state index is 0.0661. The second kappa shape index (κ2) is 9.31. The Bertz CT molecular complexity index is 1320. The van der Waals surface area contributed by atoms with Crippen molar-refractivity contribution in [3.05, 3.63) is 96.0 Å². The van der Waals surface area contributed by atoms with Crippen LogP contribution in [-0.2, 0) is 11.2 Å². The van der Waals surface area contributed by atoms with Gasteiger partial charge in [-0.15, -0.1) is 0 Å². The van der Waals surface area contributed by atoms with E-state index >= 15 is 0 Å². The fourth-order valence-corrected chi connectivity index (χ4v) is 4.97. The van der Waals surface area contributed by atoms with E-state index in [-0.39, 0.29) is 5.91 Å². The first-order valence-electron chi connectivity index (χ1n) is 11.7. The number of amides is 1. The van der Waals surface area contributed by atoms with Crippen molar-refractivity contribution in [2.75, 3.05) is 24.5 Å². The van der Waals surface area contributed by atoms with Crippen LogP contribution >= 0.6 is 12.2 Å². The van der Waals surface area contributed by atoms with Gasteiger partial charge in [0.1, 0.15) is 5.70 Å². The van der Waals surface area contributed by atoms with E-state index in [2.05, 4.69) is 48.2 Å². The van der Waals surface area contributed by atoms with Crippen LogP contribution in [0.5, 0.6) is 5.75 Å². The molecule has 0 aromatic heterocycles. The number of fused-ring (bicyclic) bond motifs is 3.